The van der Waals surface area contributed by atoms with Gasteiger partial charge in [0.05, 0.1) is 24.3 Å². The highest BCUT2D eigenvalue weighted by Crippen LogP contribution is 2.29. The lowest BCUT2D eigenvalue weighted by molar-refractivity contribution is 0.0218. The third-order valence-electron chi connectivity index (χ3n) is 5.96. The van der Waals surface area contributed by atoms with E-state index in [1.54, 1.807) is 37.6 Å². The third kappa shape index (κ3) is 5.07. The number of carbonyl (C=O) groups excluding carboxylic acids is 1. The zero-order chi connectivity index (χ0) is 25.2. The van der Waals surface area contributed by atoms with Crippen LogP contribution in [-0.2, 0) is 11.8 Å². The van der Waals surface area contributed by atoms with E-state index in [2.05, 4.69) is 25.7 Å². The van der Waals surface area contributed by atoms with Crippen LogP contribution in [0.3, 0.4) is 0 Å². The van der Waals surface area contributed by atoms with Crippen LogP contribution in [-0.4, -0.2) is 57.6 Å². The Bertz CT molecular complexity index is 1420. The van der Waals surface area contributed by atoms with Crippen molar-refractivity contribution < 1.29 is 18.7 Å². The molecule has 0 aliphatic carbocycles. The normalized spacial score (nSPS) is 15.2. The number of rotatable bonds is 7. The van der Waals surface area contributed by atoms with Crippen molar-refractivity contribution in [2.75, 3.05) is 30.4 Å². The Morgan fingerprint density at radius 1 is 1.31 bits per heavy atom. The van der Waals surface area contributed by atoms with Crippen molar-refractivity contribution in [2.45, 2.75) is 31.9 Å². The van der Waals surface area contributed by atoms with E-state index in [1.807, 2.05) is 6.92 Å². The lowest BCUT2D eigenvalue weighted by Crippen LogP contribution is -2.26. The van der Waals surface area contributed by atoms with E-state index in [4.69, 9.17) is 15.2 Å². The molecule has 5 rings (SSSR count). The van der Waals surface area contributed by atoms with Crippen molar-refractivity contribution in [2.24, 2.45) is 12.8 Å². The number of amides is 1. The van der Waals surface area contributed by atoms with Gasteiger partial charge < -0.3 is 25.8 Å². The molecule has 1 aliphatic rings. The first-order valence-corrected chi connectivity index (χ1v) is 11.9. The van der Waals surface area contributed by atoms with Gasteiger partial charge in [-0.3, -0.25) is 9.48 Å². The number of halogens is 1. The molecule has 1 saturated heterocycles. The van der Waals surface area contributed by atoms with E-state index in [0.717, 1.165) is 18.5 Å². The smallest absolute Gasteiger partial charge is 0.317 e. The van der Waals surface area contributed by atoms with E-state index in [1.165, 1.54) is 10.7 Å². The fraction of sp³-hybridized carbons (Fsp3) is 0.360. The van der Waals surface area contributed by atoms with Gasteiger partial charge in [-0.15, -0.1) is 0 Å². The van der Waals surface area contributed by atoms with Gasteiger partial charge in [0.15, 0.2) is 5.82 Å². The summed E-state index contributed by atoms with van der Waals surface area (Å²) in [5.41, 5.74) is 7.94. The molecule has 36 heavy (non-hydrogen) atoms. The maximum absolute atomic E-state index is 14.6. The van der Waals surface area contributed by atoms with Gasteiger partial charge in [-0.05, 0) is 31.2 Å². The number of benzene rings is 2. The predicted molar refractivity (Wildman–Crippen MR) is 135 cm³/mol. The summed E-state index contributed by atoms with van der Waals surface area (Å²) in [6.45, 7) is 3.67. The molecule has 1 fully saturated rings. The number of anilines is 2. The Balaban J connectivity index is 1.49. The molecule has 4 N–H and O–H groups in total. The van der Waals surface area contributed by atoms with Crippen LogP contribution in [0.25, 0.3) is 21.8 Å². The molecule has 11 heteroatoms. The molecule has 3 heterocycles. The maximum Gasteiger partial charge on any atom is 0.317 e. The number of hydrogen-bond donors (Lipinski definition) is 3. The fourth-order valence-electron chi connectivity index (χ4n) is 4.19. The Morgan fingerprint density at radius 3 is 2.89 bits per heavy atom. The highest BCUT2D eigenvalue weighted by molar-refractivity contribution is 6.14. The first-order chi connectivity index (χ1) is 17.4. The quantitative estimate of drug-likeness (QED) is 0.358. The summed E-state index contributed by atoms with van der Waals surface area (Å²) in [4.78, 5) is 22.3. The minimum atomic E-state index is -0.516. The summed E-state index contributed by atoms with van der Waals surface area (Å²) in [6, 6.07) is 6.51. The molecule has 4 aromatic rings. The van der Waals surface area contributed by atoms with Crippen LogP contribution in [0.4, 0.5) is 15.8 Å². The van der Waals surface area contributed by atoms with E-state index in [9.17, 15) is 9.18 Å². The number of carbonyl (C=O) groups is 1. The van der Waals surface area contributed by atoms with E-state index < -0.39 is 11.7 Å². The van der Waals surface area contributed by atoms with Crippen LogP contribution in [0.2, 0.25) is 0 Å². The van der Waals surface area contributed by atoms with Gasteiger partial charge in [-0.25, -0.2) is 9.37 Å². The van der Waals surface area contributed by atoms with Crippen LogP contribution in [0.5, 0.6) is 6.01 Å². The molecule has 0 bridgehead atoms. The van der Waals surface area contributed by atoms with Gasteiger partial charge in [0.1, 0.15) is 11.6 Å². The molecule has 2 aromatic carbocycles. The first-order valence-electron chi connectivity index (χ1n) is 11.9. The maximum atomic E-state index is 14.6. The Hall–Kier alpha value is -3.83. The van der Waals surface area contributed by atoms with Gasteiger partial charge in [-0.1, -0.05) is 0 Å². The summed E-state index contributed by atoms with van der Waals surface area (Å²) in [5, 5.41) is 11.4. The number of aromatic nitrogens is 4. The predicted octanol–water partition coefficient (Wildman–Crippen LogP) is 3.22. The molecule has 0 radical (unpaired) electrons. The van der Waals surface area contributed by atoms with Crippen molar-refractivity contribution in [3.05, 3.63) is 48.0 Å². The molecular formula is C25H28FN7O3. The number of nitrogens with one attached hydrogen (secondary N) is 2. The van der Waals surface area contributed by atoms with Gasteiger partial charge in [0.2, 0.25) is 0 Å². The second kappa shape index (κ2) is 10.0. The number of aryl methyl sites for hydroxylation is 1. The molecule has 0 spiro atoms. The molecule has 10 nitrogen and oxygen atoms in total. The number of nitrogens with zero attached hydrogens (tertiary/aromatic N) is 4. The molecule has 188 valence electrons. The van der Waals surface area contributed by atoms with Gasteiger partial charge in [0, 0.05) is 67.0 Å². The Morgan fingerprint density at radius 2 is 2.11 bits per heavy atom. The molecular weight excluding hydrogens is 465 g/mol. The average Bonchev–Trinajstić information content (AvgIpc) is 3.23. The average molecular weight is 494 g/mol. The number of hydrogen-bond acceptors (Lipinski definition) is 8. The summed E-state index contributed by atoms with van der Waals surface area (Å²) in [7, 11) is 1.71. The van der Waals surface area contributed by atoms with E-state index in [0.29, 0.717) is 47.3 Å². The van der Waals surface area contributed by atoms with Crippen molar-refractivity contribution in [3.8, 4) is 6.01 Å². The highest BCUT2D eigenvalue weighted by Gasteiger charge is 2.20. The van der Waals surface area contributed by atoms with Crippen LogP contribution in [0.15, 0.2) is 36.7 Å². The standard InChI is InChI=1S/C25H28FN7O3/c1-14(27)11-28-21-4-3-18(23-19(21)12-29-25(31-23)36-17-5-7-35-8-6-17)24(34)30-16-9-15-13-33(2)32-22(15)20(26)10-16/h3-4,9-10,12-14,17,28H,5-8,11,27H2,1-2H3,(H,30,34)/t14-/m0/s1. The molecule has 1 amide bonds. The van der Waals surface area contributed by atoms with Crippen LogP contribution < -0.4 is 21.1 Å². The summed E-state index contributed by atoms with van der Waals surface area (Å²) in [6.07, 6.45) is 4.76. The lowest BCUT2D eigenvalue weighted by atomic mass is 10.1. The molecule has 0 unspecified atom stereocenters. The van der Waals surface area contributed by atoms with Crippen molar-refractivity contribution in [1.29, 1.82) is 0 Å². The van der Waals surface area contributed by atoms with Gasteiger partial charge >= 0.3 is 6.01 Å². The molecule has 0 saturated carbocycles. The van der Waals surface area contributed by atoms with Crippen molar-refractivity contribution >= 4 is 39.1 Å². The number of nitrogens with two attached hydrogens (primary N) is 1. The van der Waals surface area contributed by atoms with Crippen LogP contribution >= 0.6 is 0 Å². The summed E-state index contributed by atoms with van der Waals surface area (Å²) >= 11 is 0. The third-order valence-corrected chi connectivity index (χ3v) is 5.96. The van der Waals surface area contributed by atoms with E-state index in [-0.39, 0.29) is 23.7 Å². The van der Waals surface area contributed by atoms with Crippen LogP contribution in [0, 0.1) is 5.82 Å². The largest absolute Gasteiger partial charge is 0.460 e. The van der Waals surface area contributed by atoms with Gasteiger partial charge in [-0.2, -0.15) is 10.1 Å². The molecule has 2 aromatic heterocycles. The van der Waals surface area contributed by atoms with Crippen molar-refractivity contribution in [1.82, 2.24) is 19.7 Å². The fourth-order valence-corrected chi connectivity index (χ4v) is 4.19. The topological polar surface area (TPSA) is 129 Å². The SMILES string of the molecule is C[C@H](N)CNc1ccc(C(=O)Nc2cc(F)c3nn(C)cc3c2)c2nc(OC3CCOCC3)ncc12. The second-order valence-corrected chi connectivity index (χ2v) is 9.02. The number of ether oxygens (including phenoxy) is 2. The van der Waals surface area contributed by atoms with Crippen molar-refractivity contribution in [3.63, 3.8) is 0 Å². The van der Waals surface area contributed by atoms with E-state index >= 15 is 0 Å². The zero-order valence-corrected chi connectivity index (χ0v) is 20.1. The highest BCUT2D eigenvalue weighted by atomic mass is 19.1. The van der Waals surface area contributed by atoms with Crippen LogP contribution in [0.1, 0.15) is 30.1 Å². The minimum absolute atomic E-state index is 0.0536. The number of fused-ring (bicyclic) bond motifs is 2. The monoisotopic (exact) mass is 493 g/mol. The summed E-state index contributed by atoms with van der Waals surface area (Å²) < 4.78 is 27.5. The van der Waals surface area contributed by atoms with Gasteiger partial charge in [0.25, 0.3) is 5.91 Å². The Labute approximate surface area is 207 Å². The lowest BCUT2D eigenvalue weighted by Gasteiger charge is -2.22. The molecule has 1 aliphatic heterocycles. The minimum Gasteiger partial charge on any atom is -0.460 e. The zero-order valence-electron chi connectivity index (χ0n) is 20.1. The second-order valence-electron chi connectivity index (χ2n) is 9.02. The first kappa shape index (κ1) is 23.9. The molecule has 1 atom stereocenters. The summed E-state index contributed by atoms with van der Waals surface area (Å²) in [5.74, 6) is -0.949. The Kier molecular flexibility index (Phi) is 6.66.